The number of rotatable bonds is 4. The summed E-state index contributed by atoms with van der Waals surface area (Å²) >= 11 is 0. The average Bonchev–Trinajstić information content (AvgIpc) is 2.02. The van der Waals surface area contributed by atoms with Crippen LogP contribution in [0.3, 0.4) is 0 Å². The third-order valence-corrected chi connectivity index (χ3v) is 2.11. The summed E-state index contributed by atoms with van der Waals surface area (Å²) in [5.41, 5.74) is 0. The summed E-state index contributed by atoms with van der Waals surface area (Å²) in [7, 11) is 2.25. The van der Waals surface area contributed by atoms with Gasteiger partial charge in [-0.1, -0.05) is 9.39 Å². The maximum Gasteiger partial charge on any atom is 0.237 e. The number of carbonyl (C=O) groups is 2. The summed E-state index contributed by atoms with van der Waals surface area (Å²) in [6, 6.07) is -0.699. The maximum absolute atomic E-state index is 11.1. The van der Waals surface area contributed by atoms with E-state index in [0.29, 0.717) is 0 Å². The molecule has 0 aliphatic heterocycles. The summed E-state index contributed by atoms with van der Waals surface area (Å²) in [5, 5.41) is 5.27. The second-order valence-corrected chi connectivity index (χ2v) is 3.06. The molecule has 12 heavy (non-hydrogen) atoms. The number of carbonyl (C=O) groups excluding carboxylic acids is 2. The van der Waals surface area contributed by atoms with E-state index in [0.717, 1.165) is 0 Å². The zero-order valence-corrected chi connectivity index (χ0v) is 8.70. The predicted octanol–water partition coefficient (Wildman–Crippen LogP) is -0.152. The van der Waals surface area contributed by atoms with Gasteiger partial charge in [0.2, 0.25) is 5.91 Å². The molecule has 0 fully saturated rings. The van der Waals surface area contributed by atoms with Gasteiger partial charge in [-0.15, -0.1) is 0 Å². The molecule has 0 aliphatic rings. The highest BCUT2D eigenvalue weighted by atomic mass is 31.0. The Morgan fingerprint density at radius 1 is 1.25 bits per heavy atom. The molecule has 4 nitrogen and oxygen atoms in total. The number of Topliss-reactive ketones (excluding diaryl/α,β-unsaturated/α-hetero) is 1. The van der Waals surface area contributed by atoms with Crippen molar-refractivity contribution in [2.45, 2.75) is 32.9 Å². The Morgan fingerprint density at radius 3 is 2.08 bits per heavy atom. The van der Waals surface area contributed by atoms with E-state index in [-0.39, 0.29) is 17.7 Å². The fraction of sp³-hybridized carbons (Fsp3) is 0.714. The highest BCUT2D eigenvalue weighted by molar-refractivity contribution is 7.13. The minimum atomic E-state index is -0.404. The fourth-order valence-corrected chi connectivity index (χ4v) is 0.667. The van der Waals surface area contributed by atoms with Crippen LogP contribution in [0.1, 0.15) is 20.8 Å². The molecule has 0 saturated heterocycles. The summed E-state index contributed by atoms with van der Waals surface area (Å²) in [6.07, 6.45) is 0. The van der Waals surface area contributed by atoms with Crippen LogP contribution < -0.4 is 10.4 Å². The molecular formula is C7H15N2O2P. The van der Waals surface area contributed by atoms with Crippen molar-refractivity contribution in [3.8, 4) is 0 Å². The maximum atomic E-state index is 11.1. The highest BCUT2D eigenvalue weighted by Gasteiger charge is 2.15. The van der Waals surface area contributed by atoms with Crippen LogP contribution in [0, 0.1) is 0 Å². The van der Waals surface area contributed by atoms with Crippen molar-refractivity contribution in [2.24, 2.45) is 0 Å². The monoisotopic (exact) mass is 190 g/mol. The molecule has 0 saturated carbocycles. The Morgan fingerprint density at radius 2 is 1.75 bits per heavy atom. The van der Waals surface area contributed by atoms with E-state index in [1.54, 1.807) is 13.8 Å². The van der Waals surface area contributed by atoms with Gasteiger partial charge >= 0.3 is 0 Å². The van der Waals surface area contributed by atoms with Crippen LogP contribution in [0.5, 0.6) is 0 Å². The lowest BCUT2D eigenvalue weighted by atomic mass is 10.2. The van der Waals surface area contributed by atoms with E-state index < -0.39 is 6.04 Å². The third-order valence-electron chi connectivity index (χ3n) is 1.61. The van der Waals surface area contributed by atoms with E-state index in [9.17, 15) is 9.59 Å². The predicted molar refractivity (Wildman–Crippen MR) is 50.6 cm³/mol. The van der Waals surface area contributed by atoms with Gasteiger partial charge in [-0.05, 0) is 20.8 Å². The van der Waals surface area contributed by atoms with Gasteiger partial charge in [0.1, 0.15) is 0 Å². The molecular weight excluding hydrogens is 175 g/mol. The number of amides is 1. The molecule has 0 rings (SSSR count). The van der Waals surface area contributed by atoms with Crippen LogP contribution in [0.4, 0.5) is 0 Å². The second-order valence-electron chi connectivity index (χ2n) is 2.73. The Hall–Kier alpha value is -0.470. The van der Waals surface area contributed by atoms with Crippen LogP contribution in [0.15, 0.2) is 0 Å². The molecule has 0 aromatic heterocycles. The highest BCUT2D eigenvalue weighted by Crippen LogP contribution is 1.89. The molecule has 0 aromatic carbocycles. The number of ketones is 1. The minimum absolute atomic E-state index is 0.0423. The first-order valence-corrected chi connectivity index (χ1v) is 4.33. The summed E-state index contributed by atoms with van der Waals surface area (Å²) < 4.78 is 0. The second kappa shape index (κ2) is 5.22. The first-order valence-electron chi connectivity index (χ1n) is 3.76. The van der Waals surface area contributed by atoms with Gasteiger partial charge in [-0.25, -0.2) is 0 Å². The first kappa shape index (κ1) is 11.5. The van der Waals surface area contributed by atoms with Crippen molar-refractivity contribution in [3.05, 3.63) is 0 Å². The molecule has 0 radical (unpaired) electrons. The molecule has 0 bridgehead atoms. The Kier molecular flexibility index (Phi) is 5.02. The van der Waals surface area contributed by atoms with Gasteiger partial charge in [0.05, 0.1) is 12.1 Å². The SMILES string of the molecule is CC(=O)C(C)NC(=O)C(C)NP. The third kappa shape index (κ3) is 3.79. The molecule has 0 spiro atoms. The van der Waals surface area contributed by atoms with E-state index in [4.69, 9.17) is 0 Å². The molecule has 0 heterocycles. The quantitative estimate of drug-likeness (QED) is 0.606. The summed E-state index contributed by atoms with van der Waals surface area (Å²) in [4.78, 5) is 21.9. The van der Waals surface area contributed by atoms with Gasteiger partial charge in [0.15, 0.2) is 5.78 Å². The smallest absolute Gasteiger partial charge is 0.237 e. The van der Waals surface area contributed by atoms with Gasteiger partial charge < -0.3 is 5.32 Å². The molecule has 3 atom stereocenters. The molecule has 0 aromatic rings. The fourth-order valence-electron chi connectivity index (χ4n) is 0.516. The van der Waals surface area contributed by atoms with Crippen molar-refractivity contribution in [3.63, 3.8) is 0 Å². The van der Waals surface area contributed by atoms with Crippen LogP contribution in [-0.2, 0) is 9.59 Å². The van der Waals surface area contributed by atoms with E-state index in [1.165, 1.54) is 6.92 Å². The van der Waals surface area contributed by atoms with Gasteiger partial charge in [0.25, 0.3) is 0 Å². The van der Waals surface area contributed by atoms with Crippen molar-refractivity contribution in [1.29, 1.82) is 0 Å². The standard InChI is InChI=1S/C7H15N2O2P/c1-4(6(3)10)8-7(11)5(2)9-12/h4-5,9H,12H2,1-3H3,(H,8,11). The van der Waals surface area contributed by atoms with E-state index >= 15 is 0 Å². The van der Waals surface area contributed by atoms with Crippen LogP contribution in [-0.4, -0.2) is 23.8 Å². The Labute approximate surface area is 74.7 Å². The minimum Gasteiger partial charge on any atom is -0.345 e. The number of nitrogens with one attached hydrogen (secondary N) is 2. The van der Waals surface area contributed by atoms with Gasteiger partial charge in [-0.2, -0.15) is 0 Å². The zero-order valence-electron chi connectivity index (χ0n) is 7.55. The number of hydrogen-bond donors (Lipinski definition) is 2. The summed E-state index contributed by atoms with van der Waals surface area (Å²) in [5.74, 6) is -0.216. The van der Waals surface area contributed by atoms with Crippen molar-refractivity contribution < 1.29 is 9.59 Å². The lowest BCUT2D eigenvalue weighted by Gasteiger charge is -2.14. The molecule has 2 N–H and O–H groups in total. The Bertz CT molecular complexity index is 184. The lowest BCUT2D eigenvalue weighted by Crippen LogP contribution is -2.45. The van der Waals surface area contributed by atoms with Crippen molar-refractivity contribution in [2.75, 3.05) is 0 Å². The van der Waals surface area contributed by atoms with Crippen LogP contribution >= 0.6 is 9.39 Å². The normalized spacial score (nSPS) is 15.0. The average molecular weight is 190 g/mol. The molecule has 5 heteroatoms. The van der Waals surface area contributed by atoms with Crippen LogP contribution in [0.2, 0.25) is 0 Å². The van der Waals surface area contributed by atoms with Crippen molar-refractivity contribution >= 4 is 21.1 Å². The van der Waals surface area contributed by atoms with Crippen molar-refractivity contribution in [1.82, 2.24) is 10.4 Å². The topological polar surface area (TPSA) is 58.2 Å². The largest absolute Gasteiger partial charge is 0.345 e. The summed E-state index contributed by atoms with van der Waals surface area (Å²) in [6.45, 7) is 4.83. The van der Waals surface area contributed by atoms with Crippen LogP contribution in [0.25, 0.3) is 0 Å². The molecule has 0 aliphatic carbocycles. The Balaban J connectivity index is 3.92. The zero-order chi connectivity index (χ0) is 9.72. The molecule has 3 unspecified atom stereocenters. The lowest BCUT2D eigenvalue weighted by molar-refractivity contribution is -0.127. The van der Waals surface area contributed by atoms with E-state index in [2.05, 4.69) is 19.8 Å². The number of hydrogen-bond acceptors (Lipinski definition) is 3. The van der Waals surface area contributed by atoms with E-state index in [1.807, 2.05) is 0 Å². The van der Waals surface area contributed by atoms with Gasteiger partial charge in [0, 0.05) is 0 Å². The first-order chi connectivity index (χ1) is 5.49. The van der Waals surface area contributed by atoms with Gasteiger partial charge in [-0.3, -0.25) is 14.7 Å². The molecule has 1 amide bonds. The molecule has 70 valence electrons.